The van der Waals surface area contributed by atoms with Gasteiger partial charge in [0.2, 0.25) is 0 Å². The minimum atomic E-state index is 0.169. The number of fused-ring (bicyclic) bond motifs is 1. The van der Waals surface area contributed by atoms with Crippen molar-refractivity contribution < 1.29 is 4.74 Å². The van der Waals surface area contributed by atoms with Crippen LogP contribution in [0.2, 0.25) is 0 Å². The van der Waals surface area contributed by atoms with E-state index < -0.39 is 0 Å². The first kappa shape index (κ1) is 17.8. The van der Waals surface area contributed by atoms with Crippen LogP contribution in [0.1, 0.15) is 30.0 Å². The number of methoxy groups -OCH3 is 1. The molecule has 0 spiro atoms. The summed E-state index contributed by atoms with van der Waals surface area (Å²) in [4.78, 5) is 4.66. The molecule has 2 heterocycles. The molecule has 27 heavy (non-hydrogen) atoms. The van der Waals surface area contributed by atoms with Crippen LogP contribution in [-0.4, -0.2) is 23.3 Å². The molecule has 5 heteroatoms. The standard InChI is InChI=1S/C22H22ClN3O/c1-4-18-21(15-10-8-14(2)9-11-15)22-24-20(23)13-19(26(22)25-18)16-6-5-7-17(12-16)27-3/h5-13,18,25H,4H2,1-3H3. The monoisotopic (exact) mass is 379 g/mol. The number of rotatable bonds is 4. The van der Waals surface area contributed by atoms with Crippen molar-refractivity contribution in [3.63, 3.8) is 0 Å². The van der Waals surface area contributed by atoms with Gasteiger partial charge in [0.05, 0.1) is 18.8 Å². The molecule has 2 aliphatic rings. The molecular weight excluding hydrogens is 358 g/mol. The molecule has 138 valence electrons. The van der Waals surface area contributed by atoms with E-state index in [0.717, 1.165) is 34.8 Å². The lowest BCUT2D eigenvalue weighted by Gasteiger charge is -2.27. The van der Waals surface area contributed by atoms with Gasteiger partial charge in [0, 0.05) is 17.2 Å². The van der Waals surface area contributed by atoms with Gasteiger partial charge in [-0.3, -0.25) is 5.01 Å². The second-order valence-electron chi connectivity index (χ2n) is 6.72. The van der Waals surface area contributed by atoms with E-state index >= 15 is 0 Å². The molecule has 0 bridgehead atoms. The minimum absolute atomic E-state index is 0.169. The third-order valence-electron chi connectivity index (χ3n) is 4.93. The highest BCUT2D eigenvalue weighted by atomic mass is 35.5. The number of ether oxygens (including phenoxy) is 1. The van der Waals surface area contributed by atoms with Crippen LogP contribution < -0.4 is 10.2 Å². The van der Waals surface area contributed by atoms with Gasteiger partial charge >= 0.3 is 0 Å². The van der Waals surface area contributed by atoms with Gasteiger partial charge in [-0.1, -0.05) is 60.5 Å². The van der Waals surface area contributed by atoms with Gasteiger partial charge < -0.3 is 4.74 Å². The molecule has 0 amide bonds. The van der Waals surface area contributed by atoms with Crippen LogP contribution in [0.25, 0.3) is 11.3 Å². The molecule has 4 rings (SSSR count). The smallest absolute Gasteiger partial charge is 0.154 e. The average Bonchev–Trinajstić information content (AvgIpc) is 3.06. The van der Waals surface area contributed by atoms with Crippen molar-refractivity contribution in [3.05, 3.63) is 77.1 Å². The SMILES string of the molecule is CCC1NN2C(c3cccc(OC)c3)=CC(Cl)=NC2=C1c1ccc(C)cc1. The van der Waals surface area contributed by atoms with Crippen molar-refractivity contribution in [2.45, 2.75) is 26.3 Å². The van der Waals surface area contributed by atoms with E-state index in [1.54, 1.807) is 7.11 Å². The van der Waals surface area contributed by atoms with Crippen molar-refractivity contribution in [1.82, 2.24) is 10.4 Å². The quantitative estimate of drug-likeness (QED) is 0.815. The Morgan fingerprint density at radius 3 is 2.63 bits per heavy atom. The van der Waals surface area contributed by atoms with Crippen LogP contribution in [-0.2, 0) is 0 Å². The van der Waals surface area contributed by atoms with E-state index in [0.29, 0.717) is 5.17 Å². The molecule has 0 aliphatic carbocycles. The van der Waals surface area contributed by atoms with Crippen LogP contribution >= 0.6 is 11.6 Å². The summed E-state index contributed by atoms with van der Waals surface area (Å²) in [7, 11) is 1.67. The van der Waals surface area contributed by atoms with Crippen molar-refractivity contribution in [2.75, 3.05) is 7.11 Å². The highest BCUT2D eigenvalue weighted by Crippen LogP contribution is 2.39. The molecule has 1 atom stereocenters. The average molecular weight is 380 g/mol. The molecule has 0 aromatic heterocycles. The number of nitrogens with zero attached hydrogens (tertiary/aromatic N) is 2. The number of benzene rings is 2. The zero-order valence-corrected chi connectivity index (χ0v) is 16.4. The van der Waals surface area contributed by atoms with E-state index in [1.807, 2.05) is 35.4 Å². The Labute approximate surface area is 164 Å². The zero-order valence-electron chi connectivity index (χ0n) is 15.7. The molecule has 2 aliphatic heterocycles. The van der Waals surface area contributed by atoms with Gasteiger partial charge in [0.15, 0.2) is 5.82 Å². The van der Waals surface area contributed by atoms with Crippen molar-refractivity contribution in [3.8, 4) is 5.75 Å². The minimum Gasteiger partial charge on any atom is -0.497 e. The number of hydrazine groups is 1. The van der Waals surface area contributed by atoms with Gasteiger partial charge in [0.1, 0.15) is 10.9 Å². The van der Waals surface area contributed by atoms with Gasteiger partial charge in [-0.15, -0.1) is 0 Å². The molecule has 2 aromatic carbocycles. The Morgan fingerprint density at radius 2 is 1.93 bits per heavy atom. The first-order valence-electron chi connectivity index (χ1n) is 9.08. The maximum absolute atomic E-state index is 6.42. The first-order valence-corrected chi connectivity index (χ1v) is 9.46. The number of nitrogens with one attached hydrogen (secondary N) is 1. The Hall–Kier alpha value is -2.56. The molecule has 0 radical (unpaired) electrons. The molecule has 1 N–H and O–H groups in total. The summed E-state index contributed by atoms with van der Waals surface area (Å²) in [6, 6.07) is 16.7. The molecular formula is C22H22ClN3O. The number of halogens is 1. The summed E-state index contributed by atoms with van der Waals surface area (Å²) in [5, 5.41) is 2.52. The van der Waals surface area contributed by atoms with Gasteiger partial charge in [0.25, 0.3) is 0 Å². The second-order valence-corrected chi connectivity index (χ2v) is 7.11. The van der Waals surface area contributed by atoms with E-state index in [-0.39, 0.29) is 6.04 Å². The number of aliphatic imine (C=N–C) groups is 1. The van der Waals surface area contributed by atoms with Crippen molar-refractivity contribution in [1.29, 1.82) is 0 Å². The Morgan fingerprint density at radius 1 is 1.15 bits per heavy atom. The zero-order chi connectivity index (χ0) is 19.0. The summed E-state index contributed by atoms with van der Waals surface area (Å²) in [5.74, 6) is 1.67. The summed E-state index contributed by atoms with van der Waals surface area (Å²) < 4.78 is 5.39. The molecule has 4 nitrogen and oxygen atoms in total. The lowest BCUT2D eigenvalue weighted by atomic mass is 9.97. The highest BCUT2D eigenvalue weighted by Gasteiger charge is 2.35. The number of aryl methyl sites for hydroxylation is 1. The fourth-order valence-electron chi connectivity index (χ4n) is 3.52. The van der Waals surface area contributed by atoms with Crippen LogP contribution in [0.15, 0.2) is 65.4 Å². The van der Waals surface area contributed by atoms with Crippen molar-refractivity contribution >= 4 is 28.0 Å². The third kappa shape index (κ3) is 3.27. The summed E-state index contributed by atoms with van der Waals surface area (Å²) in [6.45, 7) is 4.27. The lowest BCUT2D eigenvalue weighted by molar-refractivity contribution is 0.355. The fraction of sp³-hybridized carbons (Fsp3) is 0.227. The number of hydrogen-bond donors (Lipinski definition) is 1. The highest BCUT2D eigenvalue weighted by molar-refractivity contribution is 6.69. The predicted octanol–water partition coefficient (Wildman–Crippen LogP) is 4.96. The Kier molecular flexibility index (Phi) is 4.77. The van der Waals surface area contributed by atoms with Crippen LogP contribution in [0, 0.1) is 6.92 Å². The van der Waals surface area contributed by atoms with Crippen LogP contribution in [0.3, 0.4) is 0 Å². The van der Waals surface area contributed by atoms with Gasteiger partial charge in [-0.25, -0.2) is 10.4 Å². The van der Waals surface area contributed by atoms with Gasteiger partial charge in [-0.05, 0) is 31.0 Å². The van der Waals surface area contributed by atoms with Crippen LogP contribution in [0.4, 0.5) is 0 Å². The topological polar surface area (TPSA) is 36.9 Å². The Balaban J connectivity index is 1.83. The third-order valence-corrected chi connectivity index (χ3v) is 5.13. The fourth-order valence-corrected chi connectivity index (χ4v) is 3.70. The summed E-state index contributed by atoms with van der Waals surface area (Å²) in [6.07, 6.45) is 2.83. The van der Waals surface area contributed by atoms with E-state index in [4.69, 9.17) is 16.3 Å². The normalized spacial score (nSPS) is 19.0. The second kappa shape index (κ2) is 7.22. The van der Waals surface area contributed by atoms with E-state index in [1.165, 1.54) is 11.1 Å². The maximum Gasteiger partial charge on any atom is 0.154 e. The van der Waals surface area contributed by atoms with E-state index in [9.17, 15) is 0 Å². The lowest BCUT2D eigenvalue weighted by Crippen LogP contribution is -2.37. The first-order chi connectivity index (χ1) is 13.1. The molecule has 0 saturated carbocycles. The predicted molar refractivity (Wildman–Crippen MR) is 111 cm³/mol. The summed E-state index contributed by atoms with van der Waals surface area (Å²) >= 11 is 6.42. The number of hydrogen-bond acceptors (Lipinski definition) is 4. The molecule has 2 aromatic rings. The molecule has 0 saturated heterocycles. The Bertz CT molecular complexity index is 960. The summed E-state index contributed by atoms with van der Waals surface area (Å²) in [5.41, 5.74) is 9.15. The maximum atomic E-state index is 6.42. The molecule has 1 unspecified atom stereocenters. The largest absolute Gasteiger partial charge is 0.497 e. The van der Waals surface area contributed by atoms with E-state index in [2.05, 4.69) is 48.5 Å². The van der Waals surface area contributed by atoms with Crippen LogP contribution in [0.5, 0.6) is 5.75 Å². The molecule has 0 fully saturated rings. The van der Waals surface area contributed by atoms with Crippen molar-refractivity contribution in [2.24, 2.45) is 4.99 Å². The van der Waals surface area contributed by atoms with Gasteiger partial charge in [-0.2, -0.15) is 0 Å². The number of allylic oxidation sites excluding steroid dienone is 1.